The van der Waals surface area contributed by atoms with Crippen LogP contribution in [-0.4, -0.2) is 45.9 Å². The molecule has 41 heavy (non-hydrogen) atoms. The molecule has 0 bridgehead atoms. The molecule has 0 spiro atoms. The van der Waals surface area contributed by atoms with Crippen molar-refractivity contribution in [1.29, 1.82) is 0 Å². The van der Waals surface area contributed by atoms with E-state index in [9.17, 15) is 22.0 Å². The Morgan fingerprint density at radius 2 is 1.71 bits per heavy atom. The second-order valence-corrected chi connectivity index (χ2v) is 11.8. The molecule has 0 saturated carbocycles. The lowest BCUT2D eigenvalue weighted by Gasteiger charge is -2.26. The van der Waals surface area contributed by atoms with Crippen molar-refractivity contribution in [2.24, 2.45) is 0 Å². The number of fused-ring (bicyclic) bond motifs is 3. The fraction of sp³-hybridized carbons (Fsp3) is 0.500. The molecular weight excluding hydrogens is 556 g/mol. The summed E-state index contributed by atoms with van der Waals surface area (Å²) < 4.78 is 70.2. The van der Waals surface area contributed by atoms with Gasteiger partial charge >= 0.3 is 5.97 Å². The van der Waals surface area contributed by atoms with Gasteiger partial charge in [-0.3, -0.25) is 4.18 Å². The first-order chi connectivity index (χ1) is 19.8. The van der Waals surface area contributed by atoms with Crippen LogP contribution in [0.2, 0.25) is 0 Å². The van der Waals surface area contributed by atoms with Gasteiger partial charge in [0.1, 0.15) is 6.26 Å². The number of rotatable bonds is 17. The third kappa shape index (κ3) is 7.71. The van der Waals surface area contributed by atoms with Crippen molar-refractivity contribution in [3.05, 3.63) is 65.9 Å². The summed E-state index contributed by atoms with van der Waals surface area (Å²) in [5.74, 6) is -0.885. The fourth-order valence-corrected chi connectivity index (χ4v) is 6.27. The molecule has 0 radical (unpaired) electrons. The van der Waals surface area contributed by atoms with Crippen molar-refractivity contribution in [2.45, 2.75) is 87.9 Å². The molecule has 0 fully saturated rings. The molecule has 2 atom stereocenters. The highest BCUT2D eigenvalue weighted by molar-refractivity contribution is 7.86. The number of alkyl halides is 2. The van der Waals surface area contributed by atoms with Crippen molar-refractivity contribution >= 4 is 16.1 Å². The maximum absolute atomic E-state index is 14.0. The van der Waals surface area contributed by atoms with Gasteiger partial charge in [0, 0.05) is 12.5 Å². The van der Waals surface area contributed by atoms with E-state index in [1.165, 1.54) is 37.8 Å². The molecule has 2 aromatic rings. The van der Waals surface area contributed by atoms with Gasteiger partial charge in [0.2, 0.25) is 0 Å². The van der Waals surface area contributed by atoms with Crippen LogP contribution < -0.4 is 5.48 Å². The number of ether oxygens (including phenoxy) is 2. The number of benzene rings is 2. The zero-order chi connectivity index (χ0) is 29.3. The maximum atomic E-state index is 14.0. The molecule has 8 nitrogen and oxygen atoms in total. The van der Waals surface area contributed by atoms with Gasteiger partial charge < -0.3 is 14.3 Å². The number of unbranched alkanes of at least 4 members (excludes halogenated alkanes) is 7. The summed E-state index contributed by atoms with van der Waals surface area (Å²) in [5.41, 5.74) is 3.34. The molecule has 0 aromatic heterocycles. The largest absolute Gasteiger partial charge is 0.462 e. The average molecular weight is 594 g/mol. The number of hydrogen-bond acceptors (Lipinski definition) is 8. The van der Waals surface area contributed by atoms with Gasteiger partial charge in [0.15, 0.2) is 6.10 Å². The van der Waals surface area contributed by atoms with Crippen LogP contribution in [-0.2, 0) is 39.8 Å². The van der Waals surface area contributed by atoms with E-state index < -0.39 is 40.9 Å². The Morgan fingerprint density at radius 3 is 2.41 bits per heavy atom. The Bertz CT molecular complexity index is 1320. The number of esters is 1. The molecule has 2 aliphatic rings. The topological polar surface area (TPSA) is 100 Å². The highest BCUT2D eigenvalue weighted by Crippen LogP contribution is 2.40. The van der Waals surface area contributed by atoms with Gasteiger partial charge in [-0.1, -0.05) is 88.3 Å². The van der Waals surface area contributed by atoms with E-state index in [1.54, 1.807) is 12.1 Å². The molecule has 1 N–H and O–H groups in total. The Labute approximate surface area is 240 Å². The molecule has 2 unspecified atom stereocenters. The third-order valence-corrected chi connectivity index (χ3v) is 8.62. The Hall–Kier alpha value is -2.86. The zero-order valence-electron chi connectivity index (χ0n) is 23.2. The normalized spacial score (nSPS) is 18.2. The number of carbonyl (C=O) groups is 1. The van der Waals surface area contributed by atoms with Crippen LogP contribution in [0.25, 0.3) is 11.1 Å². The zero-order valence-corrected chi connectivity index (χ0v) is 24.0. The highest BCUT2D eigenvalue weighted by Gasteiger charge is 2.45. The standard InChI is InChI=1S/C30H37F2NO7S/c1-2-3-4-5-6-7-8-11-18-37-29(34)30(17-19-39-33-30)38-21-26(28(31)32)40-41(35,36)27-16-12-15-24-23-14-10-9-13-22(23)20-25(24)27/h9-10,12-17,19,26,28,33H,2-8,11,18,20-21H2,1H3. The van der Waals surface area contributed by atoms with Gasteiger partial charge in [-0.25, -0.2) is 13.6 Å². The van der Waals surface area contributed by atoms with E-state index in [0.717, 1.165) is 36.7 Å². The van der Waals surface area contributed by atoms with Crippen molar-refractivity contribution in [3.8, 4) is 11.1 Å². The first-order valence-electron chi connectivity index (χ1n) is 14.1. The Balaban J connectivity index is 1.34. The van der Waals surface area contributed by atoms with E-state index in [4.69, 9.17) is 18.5 Å². The minimum atomic E-state index is -4.61. The summed E-state index contributed by atoms with van der Waals surface area (Å²) in [7, 11) is -4.61. The van der Waals surface area contributed by atoms with Crippen LogP contribution >= 0.6 is 0 Å². The Morgan fingerprint density at radius 1 is 1.00 bits per heavy atom. The van der Waals surface area contributed by atoms with Gasteiger partial charge in [-0.2, -0.15) is 8.42 Å². The Kier molecular flexibility index (Phi) is 10.9. The van der Waals surface area contributed by atoms with Gasteiger partial charge in [0.05, 0.1) is 18.1 Å². The molecule has 0 amide bonds. The molecule has 1 aliphatic heterocycles. The third-order valence-electron chi connectivity index (χ3n) is 7.20. The molecule has 11 heteroatoms. The smallest absolute Gasteiger partial charge is 0.361 e. The summed E-state index contributed by atoms with van der Waals surface area (Å²) in [6.07, 6.45) is 5.73. The second kappa shape index (κ2) is 14.4. The number of nitrogens with one attached hydrogen (secondary N) is 1. The first kappa shape index (κ1) is 31.1. The van der Waals surface area contributed by atoms with Crippen LogP contribution in [0.5, 0.6) is 0 Å². The van der Waals surface area contributed by atoms with Crippen LogP contribution in [0.3, 0.4) is 0 Å². The molecular formula is C30H37F2NO7S. The predicted molar refractivity (Wildman–Crippen MR) is 148 cm³/mol. The summed E-state index contributed by atoms with van der Waals surface area (Å²) in [6, 6.07) is 12.1. The lowest BCUT2D eigenvalue weighted by Crippen LogP contribution is -2.52. The number of hydroxylamine groups is 1. The number of halogens is 2. The molecule has 4 rings (SSSR count). The molecule has 224 valence electrons. The van der Waals surface area contributed by atoms with Crippen LogP contribution in [0.1, 0.15) is 69.4 Å². The van der Waals surface area contributed by atoms with E-state index >= 15 is 0 Å². The summed E-state index contributed by atoms with van der Waals surface area (Å²) in [6.45, 7) is 1.36. The van der Waals surface area contributed by atoms with Crippen molar-refractivity contribution in [3.63, 3.8) is 0 Å². The maximum Gasteiger partial charge on any atom is 0.361 e. The number of hydrogen-bond donors (Lipinski definition) is 1. The molecule has 1 aliphatic carbocycles. The van der Waals surface area contributed by atoms with Gasteiger partial charge in [-0.15, -0.1) is 5.48 Å². The summed E-state index contributed by atoms with van der Waals surface area (Å²) in [5, 5.41) is 0. The van der Waals surface area contributed by atoms with Gasteiger partial charge in [0.25, 0.3) is 22.3 Å². The quantitative estimate of drug-likeness (QED) is 0.115. The molecule has 2 aromatic carbocycles. The average Bonchev–Trinajstić information content (AvgIpc) is 3.59. The first-order valence-corrected chi connectivity index (χ1v) is 15.5. The van der Waals surface area contributed by atoms with Gasteiger partial charge in [-0.05, 0) is 34.7 Å². The highest BCUT2D eigenvalue weighted by atomic mass is 32.2. The lowest BCUT2D eigenvalue weighted by molar-refractivity contribution is -0.186. The lowest BCUT2D eigenvalue weighted by atomic mass is 10.1. The van der Waals surface area contributed by atoms with Crippen molar-refractivity contribution in [1.82, 2.24) is 5.48 Å². The predicted octanol–water partition coefficient (Wildman–Crippen LogP) is 6.04. The minimum Gasteiger partial charge on any atom is -0.462 e. The summed E-state index contributed by atoms with van der Waals surface area (Å²) in [4.78, 5) is 17.5. The number of carbonyl (C=O) groups excluding carboxylic acids is 1. The van der Waals surface area contributed by atoms with Crippen LogP contribution in [0.4, 0.5) is 8.78 Å². The van der Waals surface area contributed by atoms with E-state index in [2.05, 4.69) is 12.4 Å². The monoisotopic (exact) mass is 593 g/mol. The molecule has 0 saturated heterocycles. The summed E-state index contributed by atoms with van der Waals surface area (Å²) >= 11 is 0. The van der Waals surface area contributed by atoms with Crippen molar-refractivity contribution in [2.75, 3.05) is 13.2 Å². The SMILES string of the molecule is CCCCCCCCCCOC(=O)C1(OCC(OS(=O)(=O)c2cccc3c2Cc2ccccc2-3)C(F)F)C=CON1. The molecule has 1 heterocycles. The minimum absolute atomic E-state index is 0.124. The van der Waals surface area contributed by atoms with E-state index in [0.29, 0.717) is 24.0 Å². The van der Waals surface area contributed by atoms with Crippen LogP contribution in [0.15, 0.2) is 59.7 Å². The fourth-order valence-electron chi connectivity index (χ4n) is 4.97. The van der Waals surface area contributed by atoms with Crippen LogP contribution in [0, 0.1) is 0 Å². The second-order valence-electron chi connectivity index (χ2n) is 10.2. The van der Waals surface area contributed by atoms with E-state index in [-0.39, 0.29) is 11.5 Å². The van der Waals surface area contributed by atoms with E-state index in [1.807, 2.05) is 24.3 Å². The van der Waals surface area contributed by atoms with Crippen molar-refractivity contribution < 1.29 is 40.5 Å².